The number of hydrogen-bond donors (Lipinski definition) is 0. The van der Waals surface area contributed by atoms with Crippen molar-refractivity contribution < 1.29 is 9.53 Å². The summed E-state index contributed by atoms with van der Waals surface area (Å²) in [7, 11) is 0. The number of rotatable bonds is 1. The molecule has 2 rings (SSSR count). The van der Waals surface area contributed by atoms with Gasteiger partial charge in [0.1, 0.15) is 0 Å². The summed E-state index contributed by atoms with van der Waals surface area (Å²) in [4.78, 5) is 0.425. The SMILES string of the molecule is CCc1cccc2c1no[n+]2[O-]. The molecular weight excluding hydrogens is 156 g/mol. The molecule has 12 heavy (non-hydrogen) atoms. The fourth-order valence-electron chi connectivity index (χ4n) is 1.24. The summed E-state index contributed by atoms with van der Waals surface area (Å²) in [6.45, 7) is 2.01. The van der Waals surface area contributed by atoms with Crippen molar-refractivity contribution in [2.45, 2.75) is 13.3 Å². The molecule has 2 aromatic rings. The molecule has 0 bridgehead atoms. The second-order valence-electron chi connectivity index (χ2n) is 2.57. The first-order chi connectivity index (χ1) is 5.83. The summed E-state index contributed by atoms with van der Waals surface area (Å²) in [5.41, 5.74) is 2.19. The molecule has 1 aromatic carbocycles. The lowest BCUT2D eigenvalue weighted by Gasteiger charge is -1.90. The van der Waals surface area contributed by atoms with Gasteiger partial charge in [-0.15, -0.1) is 0 Å². The standard InChI is InChI=1S/C8H8N2O2/c1-2-6-4-3-5-7-8(6)9-12-10(7)11/h3-5H,2H2,1H3. The molecule has 4 heteroatoms. The van der Waals surface area contributed by atoms with Gasteiger partial charge in [0.2, 0.25) is 5.52 Å². The Labute approximate surface area is 68.9 Å². The molecular formula is C8H8N2O2. The van der Waals surface area contributed by atoms with Gasteiger partial charge in [-0.2, -0.15) is 0 Å². The third kappa shape index (κ3) is 0.845. The van der Waals surface area contributed by atoms with Gasteiger partial charge in [-0.1, -0.05) is 19.1 Å². The van der Waals surface area contributed by atoms with Crippen molar-refractivity contribution in [3.8, 4) is 0 Å². The summed E-state index contributed by atoms with van der Waals surface area (Å²) in [6.07, 6.45) is 0.851. The highest BCUT2D eigenvalue weighted by Crippen LogP contribution is 2.13. The predicted octanol–water partition coefficient (Wildman–Crippen LogP) is 1.02. The largest absolute Gasteiger partial charge is 0.359 e. The highest BCUT2D eigenvalue weighted by molar-refractivity contribution is 5.74. The molecule has 0 saturated heterocycles. The monoisotopic (exact) mass is 164 g/mol. The van der Waals surface area contributed by atoms with Crippen LogP contribution in [-0.2, 0) is 6.42 Å². The van der Waals surface area contributed by atoms with Crippen LogP contribution in [0.15, 0.2) is 22.8 Å². The van der Waals surface area contributed by atoms with E-state index in [0.29, 0.717) is 15.9 Å². The third-order valence-electron chi connectivity index (χ3n) is 1.88. The van der Waals surface area contributed by atoms with Gasteiger partial charge in [-0.3, -0.25) is 4.63 Å². The van der Waals surface area contributed by atoms with E-state index in [1.807, 2.05) is 19.1 Å². The summed E-state index contributed by atoms with van der Waals surface area (Å²) < 4.78 is 4.47. The lowest BCUT2D eigenvalue weighted by atomic mass is 10.1. The lowest BCUT2D eigenvalue weighted by Crippen LogP contribution is -2.22. The minimum Gasteiger partial charge on any atom is -0.359 e. The number of aryl methyl sites for hydroxylation is 1. The van der Waals surface area contributed by atoms with E-state index in [4.69, 9.17) is 0 Å². The molecule has 0 radical (unpaired) electrons. The van der Waals surface area contributed by atoms with Crippen LogP contribution in [0.5, 0.6) is 0 Å². The number of nitrogens with zero attached hydrogens (tertiary/aromatic N) is 2. The second-order valence-corrected chi connectivity index (χ2v) is 2.57. The molecule has 0 atom stereocenters. The van der Waals surface area contributed by atoms with E-state index in [1.165, 1.54) is 0 Å². The third-order valence-corrected chi connectivity index (χ3v) is 1.88. The van der Waals surface area contributed by atoms with Gasteiger partial charge >= 0.3 is 0 Å². The van der Waals surface area contributed by atoms with Gasteiger partial charge < -0.3 is 5.21 Å². The number of benzene rings is 1. The van der Waals surface area contributed by atoms with Gasteiger partial charge in [0.25, 0.3) is 5.52 Å². The zero-order valence-electron chi connectivity index (χ0n) is 6.65. The van der Waals surface area contributed by atoms with Crippen molar-refractivity contribution in [2.75, 3.05) is 0 Å². The lowest BCUT2D eigenvalue weighted by molar-refractivity contribution is -0.782. The predicted molar refractivity (Wildman–Crippen MR) is 42.3 cm³/mol. The number of hydrogen-bond acceptors (Lipinski definition) is 3. The van der Waals surface area contributed by atoms with E-state index in [-0.39, 0.29) is 0 Å². The van der Waals surface area contributed by atoms with Crippen molar-refractivity contribution in [1.82, 2.24) is 5.16 Å². The van der Waals surface area contributed by atoms with Gasteiger partial charge in [0, 0.05) is 10.7 Å². The van der Waals surface area contributed by atoms with Crippen LogP contribution >= 0.6 is 0 Å². The molecule has 0 aliphatic heterocycles. The van der Waals surface area contributed by atoms with Crippen molar-refractivity contribution in [2.24, 2.45) is 0 Å². The molecule has 4 nitrogen and oxygen atoms in total. The van der Waals surface area contributed by atoms with E-state index >= 15 is 0 Å². The zero-order valence-corrected chi connectivity index (χ0v) is 6.65. The molecule has 0 aliphatic carbocycles. The fourth-order valence-corrected chi connectivity index (χ4v) is 1.24. The highest BCUT2D eigenvalue weighted by atomic mass is 16.8. The van der Waals surface area contributed by atoms with Crippen LogP contribution in [-0.4, -0.2) is 5.16 Å². The fraction of sp³-hybridized carbons (Fsp3) is 0.250. The topological polar surface area (TPSA) is 53.0 Å². The van der Waals surface area contributed by atoms with Gasteiger partial charge in [-0.05, 0) is 17.4 Å². The Balaban J connectivity index is 2.81. The molecule has 1 heterocycles. The van der Waals surface area contributed by atoms with E-state index < -0.39 is 0 Å². The molecule has 0 unspecified atom stereocenters. The average Bonchev–Trinajstić information content (AvgIpc) is 2.48. The summed E-state index contributed by atoms with van der Waals surface area (Å²) in [6, 6.07) is 5.45. The van der Waals surface area contributed by atoms with Crippen LogP contribution in [0.3, 0.4) is 0 Å². The van der Waals surface area contributed by atoms with E-state index in [2.05, 4.69) is 9.79 Å². The second kappa shape index (κ2) is 2.48. The first-order valence-electron chi connectivity index (χ1n) is 3.80. The molecule has 0 spiro atoms. The Kier molecular flexibility index (Phi) is 1.46. The number of fused-ring (bicyclic) bond motifs is 1. The van der Waals surface area contributed by atoms with Crippen molar-refractivity contribution >= 4 is 11.0 Å². The maximum absolute atomic E-state index is 10.9. The summed E-state index contributed by atoms with van der Waals surface area (Å²) >= 11 is 0. The van der Waals surface area contributed by atoms with Crippen LogP contribution in [0.2, 0.25) is 0 Å². The van der Waals surface area contributed by atoms with Gasteiger partial charge in [0.05, 0.1) is 0 Å². The smallest absolute Gasteiger partial charge is 0.251 e. The zero-order chi connectivity index (χ0) is 8.55. The minimum absolute atomic E-state index is 0.425. The maximum Gasteiger partial charge on any atom is 0.251 e. The highest BCUT2D eigenvalue weighted by Gasteiger charge is 2.11. The van der Waals surface area contributed by atoms with Crippen LogP contribution in [0.1, 0.15) is 12.5 Å². The molecule has 62 valence electrons. The Morgan fingerprint density at radius 2 is 2.42 bits per heavy atom. The van der Waals surface area contributed by atoms with E-state index in [9.17, 15) is 5.21 Å². The molecule has 0 amide bonds. The van der Waals surface area contributed by atoms with Crippen LogP contribution in [0, 0.1) is 5.21 Å². The van der Waals surface area contributed by atoms with E-state index in [0.717, 1.165) is 12.0 Å². The number of aromatic nitrogens is 2. The Hall–Kier alpha value is -1.58. The van der Waals surface area contributed by atoms with Crippen LogP contribution in [0.25, 0.3) is 11.0 Å². The van der Waals surface area contributed by atoms with Crippen molar-refractivity contribution in [3.63, 3.8) is 0 Å². The first kappa shape index (κ1) is 7.09. The Bertz CT molecular complexity index is 408. The minimum atomic E-state index is 0.425. The van der Waals surface area contributed by atoms with Crippen LogP contribution in [0.4, 0.5) is 0 Å². The van der Waals surface area contributed by atoms with E-state index in [1.54, 1.807) is 6.07 Å². The van der Waals surface area contributed by atoms with Crippen LogP contribution < -0.4 is 4.90 Å². The molecule has 0 aliphatic rings. The average molecular weight is 164 g/mol. The summed E-state index contributed by atoms with van der Waals surface area (Å²) in [5.74, 6) is 0. The Morgan fingerprint density at radius 1 is 1.58 bits per heavy atom. The first-order valence-corrected chi connectivity index (χ1v) is 3.80. The quantitative estimate of drug-likeness (QED) is 0.591. The molecule has 0 saturated carbocycles. The van der Waals surface area contributed by atoms with Crippen molar-refractivity contribution in [1.29, 1.82) is 0 Å². The molecule has 1 aromatic heterocycles. The van der Waals surface area contributed by atoms with Gasteiger partial charge in [-0.25, -0.2) is 0 Å². The normalized spacial score (nSPS) is 10.8. The summed E-state index contributed by atoms with van der Waals surface area (Å²) in [5, 5.41) is 14.6. The molecule has 0 fully saturated rings. The van der Waals surface area contributed by atoms with Gasteiger partial charge in [0.15, 0.2) is 0 Å². The van der Waals surface area contributed by atoms with Crippen molar-refractivity contribution in [3.05, 3.63) is 29.0 Å². The maximum atomic E-state index is 10.9. The Morgan fingerprint density at radius 3 is 3.17 bits per heavy atom. The molecule has 0 N–H and O–H groups in total.